The minimum absolute atomic E-state index is 0.0483. The van der Waals surface area contributed by atoms with Gasteiger partial charge in [-0.1, -0.05) is 117 Å². The second-order valence-corrected chi connectivity index (χ2v) is 16.8. The Morgan fingerprint density at radius 3 is 2.23 bits per heavy atom. The van der Waals surface area contributed by atoms with Gasteiger partial charge >= 0.3 is 6.09 Å². The largest absolute Gasteiger partial charge is 0.446 e. The number of unbranched alkanes of at least 4 members (excludes halogenated alkanes) is 9. The fourth-order valence-electron chi connectivity index (χ4n) is 10.8. The van der Waals surface area contributed by atoms with Crippen LogP contribution in [0.5, 0.6) is 0 Å². The molecule has 0 radical (unpaired) electrons. The maximum atomic E-state index is 12.6. The number of carbonyl (C=O) groups excluding carboxylic acids is 1. The van der Waals surface area contributed by atoms with E-state index in [9.17, 15) is 4.79 Å². The zero-order chi connectivity index (χ0) is 31.6. The Bertz CT molecular complexity index is 900. The molecule has 4 aliphatic carbocycles. The lowest BCUT2D eigenvalue weighted by Gasteiger charge is -2.58. The Labute approximate surface area is 272 Å². The van der Waals surface area contributed by atoms with Crippen LogP contribution in [0.4, 0.5) is 4.79 Å². The predicted molar refractivity (Wildman–Crippen MR) is 187 cm³/mol. The van der Waals surface area contributed by atoms with Crippen LogP contribution in [0.2, 0.25) is 0 Å². The molecule has 0 heterocycles. The second-order valence-electron chi connectivity index (χ2n) is 16.8. The molecule has 3 fully saturated rings. The van der Waals surface area contributed by atoms with Gasteiger partial charge in [0.2, 0.25) is 0 Å². The van der Waals surface area contributed by atoms with Crippen LogP contribution in [0, 0.1) is 46.3 Å². The molecule has 254 valence electrons. The molecule has 3 N–H and O–H groups in total. The summed E-state index contributed by atoms with van der Waals surface area (Å²) < 4.78 is 6.00. The molecular weight excluding hydrogens is 540 g/mol. The summed E-state index contributed by atoms with van der Waals surface area (Å²) in [5, 5.41) is 3.06. The molecule has 4 aliphatic rings. The number of hydrogen-bond acceptors (Lipinski definition) is 3. The van der Waals surface area contributed by atoms with Crippen molar-refractivity contribution in [2.24, 2.45) is 52.1 Å². The Hall–Kier alpha value is -1.03. The third-order valence-corrected chi connectivity index (χ3v) is 13.4. The van der Waals surface area contributed by atoms with Crippen LogP contribution < -0.4 is 11.1 Å². The van der Waals surface area contributed by atoms with E-state index in [1.807, 2.05) is 0 Å². The van der Waals surface area contributed by atoms with E-state index < -0.39 is 0 Å². The molecule has 0 saturated heterocycles. The molecule has 4 nitrogen and oxygen atoms in total. The summed E-state index contributed by atoms with van der Waals surface area (Å²) in [4.78, 5) is 12.6. The van der Waals surface area contributed by atoms with E-state index in [4.69, 9.17) is 10.5 Å². The molecule has 44 heavy (non-hydrogen) atoms. The Balaban J connectivity index is 1.17. The number of allylic oxidation sites excluding steroid dienone is 1. The topological polar surface area (TPSA) is 64.3 Å². The third-order valence-electron chi connectivity index (χ3n) is 13.4. The van der Waals surface area contributed by atoms with Gasteiger partial charge < -0.3 is 15.8 Å². The van der Waals surface area contributed by atoms with Crippen LogP contribution in [-0.4, -0.2) is 25.3 Å². The molecule has 0 unspecified atom stereocenters. The Morgan fingerprint density at radius 1 is 0.864 bits per heavy atom. The number of ether oxygens (including phenoxy) is 1. The SMILES string of the molecule is CC(C)CCC[C@@H](C)[C@H]1CC[C@H]2[C@@H]3CC=C4C[C@@H](OC(=O)NCCCCCCCCCCCCN)CC[C@]4(C)[C@H]3CC[C@]12C. The van der Waals surface area contributed by atoms with Crippen molar-refractivity contribution in [3.05, 3.63) is 11.6 Å². The highest BCUT2D eigenvalue weighted by Crippen LogP contribution is 2.67. The lowest BCUT2D eigenvalue weighted by Crippen LogP contribution is -2.51. The van der Waals surface area contributed by atoms with Crippen LogP contribution in [0.25, 0.3) is 0 Å². The van der Waals surface area contributed by atoms with Crippen molar-refractivity contribution in [3.8, 4) is 0 Å². The highest BCUT2D eigenvalue weighted by atomic mass is 16.6. The number of amides is 1. The molecule has 0 aromatic carbocycles. The van der Waals surface area contributed by atoms with E-state index in [0.29, 0.717) is 10.8 Å². The number of nitrogens with one attached hydrogen (secondary N) is 1. The fraction of sp³-hybridized carbons (Fsp3) is 0.925. The van der Waals surface area contributed by atoms with Gasteiger partial charge in [-0.15, -0.1) is 0 Å². The molecule has 0 spiro atoms. The van der Waals surface area contributed by atoms with Crippen molar-refractivity contribution in [2.45, 2.75) is 176 Å². The average Bonchev–Trinajstić information content (AvgIpc) is 3.35. The first-order valence-electron chi connectivity index (χ1n) is 19.5. The number of alkyl carbamates (subject to hydrolysis) is 1. The van der Waals surface area contributed by atoms with Gasteiger partial charge in [-0.25, -0.2) is 4.79 Å². The van der Waals surface area contributed by atoms with Gasteiger partial charge in [0.05, 0.1) is 0 Å². The molecule has 0 aromatic rings. The summed E-state index contributed by atoms with van der Waals surface area (Å²) in [6, 6.07) is 0. The standard InChI is InChI=1S/C40H72N2O2/c1-30(2)17-16-18-31(3)35-21-22-36-34-20-19-32-29-33(23-25-39(32,4)37(34)24-26-40(35,36)5)44-38(43)42-28-15-13-11-9-7-6-8-10-12-14-27-41/h19,30-31,33-37H,6-18,20-29,41H2,1-5H3,(H,42,43)/t31-,33+,34+,35-,36+,37+,39+,40-/m1/s1. The monoisotopic (exact) mass is 613 g/mol. The lowest BCUT2D eigenvalue weighted by molar-refractivity contribution is -0.0581. The minimum atomic E-state index is -0.196. The van der Waals surface area contributed by atoms with E-state index in [2.05, 4.69) is 46.0 Å². The van der Waals surface area contributed by atoms with Crippen molar-refractivity contribution in [1.82, 2.24) is 5.32 Å². The first kappa shape index (κ1) is 35.8. The van der Waals surface area contributed by atoms with Crippen molar-refractivity contribution < 1.29 is 9.53 Å². The lowest BCUT2D eigenvalue weighted by atomic mass is 9.47. The van der Waals surface area contributed by atoms with Crippen molar-refractivity contribution in [1.29, 1.82) is 0 Å². The molecule has 0 aliphatic heterocycles. The smallest absolute Gasteiger partial charge is 0.407 e. The van der Waals surface area contributed by atoms with E-state index >= 15 is 0 Å². The van der Waals surface area contributed by atoms with Gasteiger partial charge in [-0.3, -0.25) is 0 Å². The van der Waals surface area contributed by atoms with Crippen molar-refractivity contribution in [2.75, 3.05) is 13.1 Å². The highest BCUT2D eigenvalue weighted by Gasteiger charge is 2.59. The first-order chi connectivity index (χ1) is 21.2. The molecule has 4 heteroatoms. The van der Waals surface area contributed by atoms with Gasteiger partial charge in [0.1, 0.15) is 6.10 Å². The van der Waals surface area contributed by atoms with Crippen LogP contribution in [0.3, 0.4) is 0 Å². The van der Waals surface area contributed by atoms with E-state index in [1.54, 1.807) is 5.57 Å². The fourth-order valence-corrected chi connectivity index (χ4v) is 10.8. The zero-order valence-electron chi connectivity index (χ0n) is 29.8. The summed E-state index contributed by atoms with van der Waals surface area (Å²) in [6.45, 7) is 14.2. The number of fused-ring (bicyclic) bond motifs is 5. The summed E-state index contributed by atoms with van der Waals surface area (Å²) in [7, 11) is 0. The van der Waals surface area contributed by atoms with Gasteiger partial charge in [-0.2, -0.15) is 0 Å². The highest BCUT2D eigenvalue weighted by molar-refractivity contribution is 5.67. The van der Waals surface area contributed by atoms with Crippen LogP contribution >= 0.6 is 0 Å². The van der Waals surface area contributed by atoms with Crippen LogP contribution in [0.15, 0.2) is 11.6 Å². The maximum Gasteiger partial charge on any atom is 0.407 e. The number of carbonyl (C=O) groups is 1. The Morgan fingerprint density at radius 2 is 1.55 bits per heavy atom. The van der Waals surface area contributed by atoms with Crippen LogP contribution in [0.1, 0.15) is 169 Å². The normalized spacial score (nSPS) is 33.7. The van der Waals surface area contributed by atoms with Gasteiger partial charge in [0.25, 0.3) is 0 Å². The van der Waals surface area contributed by atoms with Gasteiger partial charge in [0, 0.05) is 13.0 Å². The summed E-state index contributed by atoms with van der Waals surface area (Å²) in [5.74, 6) is 5.21. The minimum Gasteiger partial charge on any atom is -0.446 e. The Kier molecular flexibility index (Phi) is 14.0. The van der Waals surface area contributed by atoms with E-state index in [-0.39, 0.29) is 12.2 Å². The summed E-state index contributed by atoms with van der Waals surface area (Å²) in [6.07, 6.45) is 29.5. The van der Waals surface area contributed by atoms with Crippen molar-refractivity contribution >= 4 is 6.09 Å². The number of hydrogen-bond donors (Lipinski definition) is 2. The quantitative estimate of drug-likeness (QED) is 0.120. The molecule has 0 aromatic heterocycles. The zero-order valence-corrected chi connectivity index (χ0v) is 29.8. The molecule has 4 rings (SSSR count). The van der Waals surface area contributed by atoms with E-state index in [0.717, 1.165) is 67.9 Å². The molecular formula is C40H72N2O2. The van der Waals surface area contributed by atoms with Gasteiger partial charge in [-0.05, 0) is 111 Å². The predicted octanol–water partition coefficient (Wildman–Crippen LogP) is 11.0. The summed E-state index contributed by atoms with van der Waals surface area (Å²) in [5.41, 5.74) is 8.04. The first-order valence-corrected chi connectivity index (χ1v) is 19.5. The molecule has 3 saturated carbocycles. The maximum absolute atomic E-state index is 12.6. The van der Waals surface area contributed by atoms with Crippen molar-refractivity contribution in [3.63, 3.8) is 0 Å². The van der Waals surface area contributed by atoms with Gasteiger partial charge in [0.15, 0.2) is 0 Å². The number of nitrogens with two attached hydrogens (primary N) is 1. The van der Waals surface area contributed by atoms with Crippen LogP contribution in [-0.2, 0) is 4.74 Å². The molecule has 0 bridgehead atoms. The second kappa shape index (κ2) is 17.2. The molecule has 8 atom stereocenters. The number of rotatable bonds is 18. The van der Waals surface area contributed by atoms with E-state index in [1.165, 1.54) is 116 Å². The third kappa shape index (κ3) is 9.07. The summed E-state index contributed by atoms with van der Waals surface area (Å²) >= 11 is 0. The average molecular weight is 613 g/mol. The molecule has 1 amide bonds.